The van der Waals surface area contributed by atoms with Crippen molar-refractivity contribution in [2.75, 3.05) is 5.32 Å². The first kappa shape index (κ1) is 16.5. The van der Waals surface area contributed by atoms with E-state index in [-0.39, 0.29) is 12.0 Å². The number of nitrogens with one attached hydrogen (secondary N) is 1. The molecule has 0 fully saturated rings. The lowest BCUT2D eigenvalue weighted by molar-refractivity contribution is -0.394. The Morgan fingerprint density at radius 1 is 1.12 bits per heavy atom. The fraction of sp³-hybridized carbons (Fsp3) is 0.0667. The van der Waals surface area contributed by atoms with Gasteiger partial charge in [0, 0.05) is 11.6 Å². The number of non-ortho nitro benzene ring substituents is 1. The van der Waals surface area contributed by atoms with E-state index in [0.717, 1.165) is 22.3 Å². The maximum Gasteiger partial charge on any atom is 0.279 e. The Morgan fingerprint density at radius 2 is 1.88 bits per heavy atom. The minimum Gasteiger partial charge on any atom is -0.302 e. The molecule has 3 rings (SSSR count). The van der Waals surface area contributed by atoms with Gasteiger partial charge in [0.15, 0.2) is 5.13 Å². The van der Waals surface area contributed by atoms with Crippen LogP contribution in [-0.2, 0) is 11.2 Å². The highest BCUT2D eigenvalue weighted by Crippen LogP contribution is 2.27. The number of aromatic nitrogens is 1. The van der Waals surface area contributed by atoms with Crippen LogP contribution in [0.3, 0.4) is 0 Å². The van der Waals surface area contributed by atoms with Crippen LogP contribution in [0.5, 0.6) is 0 Å². The first-order valence-corrected chi connectivity index (χ1v) is 7.83. The number of nitro benzene ring substituents is 2. The van der Waals surface area contributed by atoms with E-state index < -0.39 is 27.1 Å². The van der Waals surface area contributed by atoms with Crippen LogP contribution in [0.1, 0.15) is 5.56 Å². The predicted octanol–water partition coefficient (Wildman–Crippen LogP) is 3.29. The van der Waals surface area contributed by atoms with Gasteiger partial charge in [-0.3, -0.25) is 25.0 Å². The van der Waals surface area contributed by atoms with Crippen molar-refractivity contribution in [2.24, 2.45) is 0 Å². The Morgan fingerprint density at radius 3 is 2.56 bits per heavy atom. The summed E-state index contributed by atoms with van der Waals surface area (Å²) in [6.07, 6.45) is -0.287. The van der Waals surface area contributed by atoms with Crippen LogP contribution in [0.15, 0.2) is 42.5 Å². The van der Waals surface area contributed by atoms with Gasteiger partial charge in [-0.25, -0.2) is 4.98 Å². The first-order chi connectivity index (χ1) is 11.9. The monoisotopic (exact) mass is 358 g/mol. The zero-order chi connectivity index (χ0) is 18.0. The van der Waals surface area contributed by atoms with Gasteiger partial charge in [-0.2, -0.15) is 0 Å². The first-order valence-electron chi connectivity index (χ1n) is 7.01. The molecular formula is C15H10N4O5S. The Kier molecular flexibility index (Phi) is 4.35. The molecule has 0 radical (unpaired) electrons. The van der Waals surface area contributed by atoms with Gasteiger partial charge in [-0.05, 0) is 18.2 Å². The number of fused-ring (bicyclic) bond motifs is 1. The maximum absolute atomic E-state index is 12.2. The van der Waals surface area contributed by atoms with E-state index >= 15 is 0 Å². The molecule has 0 saturated heterocycles. The van der Waals surface area contributed by atoms with Crippen LogP contribution in [0.25, 0.3) is 10.2 Å². The SMILES string of the molecule is O=C(Cc1ccc([N+](=O)[O-])cc1[N+](=O)[O-])Nc1nc2ccccc2s1. The Bertz CT molecular complexity index is 968. The van der Waals surface area contributed by atoms with Gasteiger partial charge in [0.25, 0.3) is 11.4 Å². The highest BCUT2D eigenvalue weighted by Gasteiger charge is 2.21. The molecule has 1 aromatic heterocycles. The normalized spacial score (nSPS) is 10.6. The van der Waals surface area contributed by atoms with E-state index in [0.29, 0.717) is 5.13 Å². The Labute approximate surface area is 144 Å². The molecule has 1 heterocycles. The standard InChI is InChI=1S/C15H10N4O5S/c20-14(17-15-16-11-3-1-2-4-13(11)25-15)7-9-5-6-10(18(21)22)8-12(9)19(23)24/h1-6,8H,7H2,(H,16,17,20). The molecule has 0 aliphatic carbocycles. The third kappa shape index (κ3) is 3.58. The quantitative estimate of drug-likeness (QED) is 0.550. The summed E-state index contributed by atoms with van der Waals surface area (Å²) in [7, 11) is 0. The Balaban J connectivity index is 1.80. The van der Waals surface area contributed by atoms with Gasteiger partial charge < -0.3 is 5.32 Å². The second-order valence-corrected chi connectivity index (χ2v) is 6.07. The summed E-state index contributed by atoms with van der Waals surface area (Å²) in [6, 6.07) is 10.6. The summed E-state index contributed by atoms with van der Waals surface area (Å²) in [5.74, 6) is -0.490. The van der Waals surface area contributed by atoms with Gasteiger partial charge in [-0.1, -0.05) is 23.5 Å². The molecule has 10 heteroatoms. The molecule has 3 aromatic rings. The summed E-state index contributed by atoms with van der Waals surface area (Å²) in [5.41, 5.74) is -0.0333. The average Bonchev–Trinajstić information content (AvgIpc) is 2.96. The van der Waals surface area contributed by atoms with E-state index in [9.17, 15) is 25.0 Å². The fourth-order valence-corrected chi connectivity index (χ4v) is 3.13. The van der Waals surface area contributed by atoms with Gasteiger partial charge in [0.1, 0.15) is 0 Å². The number of rotatable bonds is 5. The number of nitrogens with zero attached hydrogens (tertiary/aromatic N) is 3. The van der Waals surface area contributed by atoms with Gasteiger partial charge in [0.05, 0.1) is 32.6 Å². The summed E-state index contributed by atoms with van der Waals surface area (Å²) in [4.78, 5) is 36.8. The summed E-state index contributed by atoms with van der Waals surface area (Å²) in [6.45, 7) is 0. The molecule has 0 aliphatic heterocycles. The third-order valence-electron chi connectivity index (χ3n) is 3.37. The van der Waals surface area contributed by atoms with E-state index in [1.165, 1.54) is 17.4 Å². The number of benzene rings is 2. The fourth-order valence-electron chi connectivity index (χ4n) is 2.25. The molecule has 0 saturated carbocycles. The van der Waals surface area contributed by atoms with Crippen LogP contribution in [0.4, 0.5) is 16.5 Å². The van der Waals surface area contributed by atoms with Gasteiger partial charge in [-0.15, -0.1) is 0 Å². The van der Waals surface area contributed by atoms with Gasteiger partial charge in [0.2, 0.25) is 5.91 Å². The number of amides is 1. The molecule has 9 nitrogen and oxygen atoms in total. The lowest BCUT2D eigenvalue weighted by Gasteiger charge is -2.03. The third-order valence-corrected chi connectivity index (χ3v) is 4.32. The predicted molar refractivity (Wildman–Crippen MR) is 91.7 cm³/mol. The van der Waals surface area contributed by atoms with Crippen molar-refractivity contribution in [1.82, 2.24) is 4.98 Å². The minimum atomic E-state index is -0.743. The van der Waals surface area contributed by atoms with Crippen molar-refractivity contribution in [3.8, 4) is 0 Å². The molecule has 1 N–H and O–H groups in total. The zero-order valence-electron chi connectivity index (χ0n) is 12.5. The number of anilines is 1. The van der Waals surface area contributed by atoms with Crippen molar-refractivity contribution in [3.05, 3.63) is 68.3 Å². The number of para-hydroxylation sites is 1. The largest absolute Gasteiger partial charge is 0.302 e. The van der Waals surface area contributed by atoms with Gasteiger partial charge >= 0.3 is 0 Å². The van der Waals surface area contributed by atoms with E-state index in [2.05, 4.69) is 10.3 Å². The molecule has 0 spiro atoms. The number of hydrogen-bond acceptors (Lipinski definition) is 7. The highest BCUT2D eigenvalue weighted by atomic mass is 32.1. The van der Waals surface area contributed by atoms with E-state index in [1.54, 1.807) is 0 Å². The molecule has 0 unspecified atom stereocenters. The van der Waals surface area contributed by atoms with Crippen molar-refractivity contribution in [2.45, 2.75) is 6.42 Å². The maximum atomic E-state index is 12.2. The highest BCUT2D eigenvalue weighted by molar-refractivity contribution is 7.22. The number of carbonyl (C=O) groups excluding carboxylic acids is 1. The molecule has 0 atom stereocenters. The van der Waals surface area contributed by atoms with Crippen LogP contribution < -0.4 is 5.32 Å². The van der Waals surface area contributed by atoms with Crippen molar-refractivity contribution in [3.63, 3.8) is 0 Å². The van der Waals surface area contributed by atoms with E-state index in [4.69, 9.17) is 0 Å². The minimum absolute atomic E-state index is 0.0919. The molecule has 1 amide bonds. The number of hydrogen-bond donors (Lipinski definition) is 1. The van der Waals surface area contributed by atoms with Crippen LogP contribution in [-0.4, -0.2) is 20.7 Å². The molecule has 126 valence electrons. The van der Waals surface area contributed by atoms with Crippen molar-refractivity contribution in [1.29, 1.82) is 0 Å². The lowest BCUT2D eigenvalue weighted by Crippen LogP contribution is -2.15. The summed E-state index contributed by atoms with van der Waals surface area (Å²) in [5, 5.41) is 24.8. The zero-order valence-corrected chi connectivity index (χ0v) is 13.4. The van der Waals surface area contributed by atoms with E-state index in [1.807, 2.05) is 24.3 Å². The number of thiazole rings is 1. The Hall–Kier alpha value is -3.40. The lowest BCUT2D eigenvalue weighted by atomic mass is 10.1. The topological polar surface area (TPSA) is 128 Å². The molecular weight excluding hydrogens is 348 g/mol. The van der Waals surface area contributed by atoms with Crippen molar-refractivity contribution < 1.29 is 14.6 Å². The van der Waals surface area contributed by atoms with Crippen LogP contribution in [0, 0.1) is 20.2 Å². The molecule has 2 aromatic carbocycles. The summed E-state index contributed by atoms with van der Waals surface area (Å²) < 4.78 is 0.902. The number of carbonyl (C=O) groups is 1. The number of nitro groups is 2. The second kappa shape index (κ2) is 6.61. The van der Waals surface area contributed by atoms with Crippen LogP contribution >= 0.6 is 11.3 Å². The van der Waals surface area contributed by atoms with Crippen molar-refractivity contribution >= 4 is 44.0 Å². The van der Waals surface area contributed by atoms with Crippen LogP contribution in [0.2, 0.25) is 0 Å². The molecule has 0 bridgehead atoms. The molecule has 0 aliphatic rings. The molecule has 25 heavy (non-hydrogen) atoms. The smallest absolute Gasteiger partial charge is 0.279 e. The second-order valence-electron chi connectivity index (χ2n) is 5.04. The summed E-state index contributed by atoms with van der Waals surface area (Å²) >= 11 is 1.29. The average molecular weight is 358 g/mol.